The number of fused-ring (bicyclic) bond motifs is 1. The van der Waals surface area contributed by atoms with E-state index in [0.717, 1.165) is 71.6 Å². The summed E-state index contributed by atoms with van der Waals surface area (Å²) in [6, 6.07) is 11.4. The van der Waals surface area contributed by atoms with Crippen molar-refractivity contribution in [3.05, 3.63) is 74.2 Å². The molecule has 2 aliphatic rings. The van der Waals surface area contributed by atoms with Gasteiger partial charge in [0, 0.05) is 29.7 Å². The molecule has 2 aromatic carbocycles. The Labute approximate surface area is 236 Å². The molecule has 3 heterocycles. The maximum atomic E-state index is 13.3. The van der Waals surface area contributed by atoms with Gasteiger partial charge in [0.1, 0.15) is 6.54 Å². The van der Waals surface area contributed by atoms with Gasteiger partial charge < -0.3 is 9.47 Å². The number of amides is 3. The number of imide groups is 1. The summed E-state index contributed by atoms with van der Waals surface area (Å²) in [6.45, 7) is 5.35. The standard InChI is InChI=1S/C29H29Cl2N3O3S/c1-3-20-8-6-9-22-21(16-32(27(20)22)17-26(35)33-12-5-4-7-18(33)2)14-25-28(36)34(29(37)38-25)15-19-10-11-23(30)24(31)13-19/h6,8-11,13-14,16,18H,3-5,7,12,15,17H2,1-2H3/b25-14-/t18-/m0/s1. The fraction of sp³-hybridized carbons (Fsp3) is 0.345. The average molecular weight is 571 g/mol. The SMILES string of the molecule is CCc1cccc2c(/C=C3\SC(=O)N(Cc4ccc(Cl)c(Cl)c4)C3=O)cn(CC(=O)N3CCCC[C@@H]3C)c12. The first-order valence-corrected chi connectivity index (χ1v) is 14.4. The van der Waals surface area contributed by atoms with Crippen LogP contribution in [0, 0.1) is 0 Å². The lowest BCUT2D eigenvalue weighted by Gasteiger charge is -2.33. The molecular weight excluding hydrogens is 541 g/mol. The lowest BCUT2D eigenvalue weighted by molar-refractivity contribution is -0.135. The van der Waals surface area contributed by atoms with Crippen LogP contribution in [0.15, 0.2) is 47.5 Å². The van der Waals surface area contributed by atoms with Crippen LogP contribution in [-0.4, -0.2) is 44.0 Å². The number of aryl methyl sites for hydroxylation is 1. The minimum Gasteiger partial charge on any atom is -0.338 e. The zero-order valence-corrected chi connectivity index (χ0v) is 23.7. The number of para-hydroxylation sites is 1. The molecule has 9 heteroatoms. The van der Waals surface area contributed by atoms with Gasteiger partial charge >= 0.3 is 0 Å². The van der Waals surface area contributed by atoms with E-state index < -0.39 is 0 Å². The van der Waals surface area contributed by atoms with Crippen LogP contribution in [0.25, 0.3) is 17.0 Å². The van der Waals surface area contributed by atoms with E-state index in [1.165, 1.54) is 4.90 Å². The smallest absolute Gasteiger partial charge is 0.293 e. The Morgan fingerprint density at radius 2 is 1.95 bits per heavy atom. The number of rotatable bonds is 6. The number of benzene rings is 2. The monoisotopic (exact) mass is 569 g/mol. The third-order valence-electron chi connectivity index (χ3n) is 7.31. The van der Waals surface area contributed by atoms with E-state index in [0.29, 0.717) is 15.0 Å². The van der Waals surface area contributed by atoms with Gasteiger partial charge in [0.2, 0.25) is 5.91 Å². The van der Waals surface area contributed by atoms with E-state index in [1.54, 1.807) is 24.3 Å². The summed E-state index contributed by atoms with van der Waals surface area (Å²) >= 11 is 13.0. The molecule has 3 aromatic rings. The van der Waals surface area contributed by atoms with E-state index in [4.69, 9.17) is 23.2 Å². The minimum absolute atomic E-state index is 0.105. The van der Waals surface area contributed by atoms with Gasteiger partial charge in [-0.15, -0.1) is 0 Å². The van der Waals surface area contributed by atoms with Crippen molar-refractivity contribution in [2.24, 2.45) is 0 Å². The fourth-order valence-corrected chi connectivity index (χ4v) is 6.44. The lowest BCUT2D eigenvalue weighted by Crippen LogP contribution is -2.43. The third-order valence-corrected chi connectivity index (χ3v) is 8.95. The molecule has 6 nitrogen and oxygen atoms in total. The van der Waals surface area contributed by atoms with Gasteiger partial charge in [-0.3, -0.25) is 19.3 Å². The summed E-state index contributed by atoms with van der Waals surface area (Å²) < 4.78 is 2.00. The third kappa shape index (κ3) is 5.24. The van der Waals surface area contributed by atoms with Gasteiger partial charge in [0.25, 0.3) is 11.1 Å². The Balaban J connectivity index is 1.46. The van der Waals surface area contributed by atoms with E-state index in [2.05, 4.69) is 19.9 Å². The summed E-state index contributed by atoms with van der Waals surface area (Å²) in [6.07, 6.45) is 7.74. The van der Waals surface area contributed by atoms with Crippen LogP contribution in [0.3, 0.4) is 0 Å². The van der Waals surface area contributed by atoms with E-state index in [-0.39, 0.29) is 36.2 Å². The van der Waals surface area contributed by atoms with Gasteiger partial charge in [-0.25, -0.2) is 0 Å². The van der Waals surface area contributed by atoms with Crippen LogP contribution >= 0.6 is 35.0 Å². The molecule has 2 fully saturated rings. The molecule has 0 bridgehead atoms. The van der Waals surface area contributed by atoms with Crippen LogP contribution in [0.1, 0.15) is 49.8 Å². The highest BCUT2D eigenvalue weighted by atomic mass is 35.5. The number of hydrogen-bond acceptors (Lipinski definition) is 4. The first-order valence-electron chi connectivity index (χ1n) is 12.9. The van der Waals surface area contributed by atoms with E-state index in [9.17, 15) is 14.4 Å². The highest BCUT2D eigenvalue weighted by Gasteiger charge is 2.35. The fourth-order valence-electron chi connectivity index (χ4n) is 5.29. The first kappa shape index (κ1) is 26.9. The van der Waals surface area contributed by atoms with Crippen molar-refractivity contribution in [2.45, 2.75) is 58.7 Å². The average Bonchev–Trinajstić information content (AvgIpc) is 3.38. The molecular formula is C29H29Cl2N3O3S. The quantitative estimate of drug-likeness (QED) is 0.296. The Kier molecular flexibility index (Phi) is 7.89. The molecule has 38 heavy (non-hydrogen) atoms. The highest BCUT2D eigenvalue weighted by molar-refractivity contribution is 8.18. The number of carbonyl (C=O) groups is 3. The number of nitrogens with zero attached hydrogens (tertiary/aromatic N) is 3. The normalized spacial score (nSPS) is 19.3. The second-order valence-electron chi connectivity index (χ2n) is 9.83. The molecule has 0 unspecified atom stereocenters. The topological polar surface area (TPSA) is 62.6 Å². The number of likely N-dealkylation sites (tertiary alicyclic amines) is 1. The molecule has 0 N–H and O–H groups in total. The van der Waals surface area contributed by atoms with Crippen LogP contribution in [0.4, 0.5) is 4.79 Å². The van der Waals surface area contributed by atoms with Gasteiger partial charge in [0.05, 0.1) is 27.0 Å². The van der Waals surface area contributed by atoms with Crippen molar-refractivity contribution in [1.29, 1.82) is 0 Å². The Hall–Kier alpha value is -2.74. The summed E-state index contributed by atoms with van der Waals surface area (Å²) in [5, 5.41) is 1.42. The number of thioether (sulfide) groups is 1. The lowest BCUT2D eigenvalue weighted by atomic mass is 10.0. The first-order chi connectivity index (χ1) is 18.3. The molecule has 5 rings (SSSR count). The van der Waals surface area contributed by atoms with Gasteiger partial charge in [0.15, 0.2) is 0 Å². The maximum absolute atomic E-state index is 13.3. The molecule has 0 radical (unpaired) electrons. The highest BCUT2D eigenvalue weighted by Crippen LogP contribution is 2.36. The summed E-state index contributed by atoms with van der Waals surface area (Å²) in [5.74, 6) is -0.245. The Morgan fingerprint density at radius 3 is 2.68 bits per heavy atom. The van der Waals surface area contributed by atoms with Crippen LogP contribution in [-0.2, 0) is 29.1 Å². The summed E-state index contributed by atoms with van der Waals surface area (Å²) in [7, 11) is 0. The zero-order valence-electron chi connectivity index (χ0n) is 21.4. The molecule has 0 spiro atoms. The van der Waals surface area contributed by atoms with Crippen molar-refractivity contribution in [1.82, 2.24) is 14.4 Å². The van der Waals surface area contributed by atoms with E-state index in [1.807, 2.05) is 27.8 Å². The zero-order chi connectivity index (χ0) is 27.0. The van der Waals surface area contributed by atoms with Gasteiger partial charge in [-0.2, -0.15) is 0 Å². The van der Waals surface area contributed by atoms with Crippen molar-refractivity contribution in [2.75, 3.05) is 6.54 Å². The number of carbonyl (C=O) groups excluding carboxylic acids is 3. The second kappa shape index (κ2) is 11.2. The molecule has 0 aliphatic carbocycles. The predicted molar refractivity (Wildman–Crippen MR) is 154 cm³/mol. The number of hydrogen-bond donors (Lipinski definition) is 0. The number of halogens is 2. The second-order valence-corrected chi connectivity index (χ2v) is 11.6. The number of aromatic nitrogens is 1. The van der Waals surface area contributed by atoms with Crippen molar-refractivity contribution in [3.63, 3.8) is 0 Å². The van der Waals surface area contributed by atoms with Crippen molar-refractivity contribution in [3.8, 4) is 0 Å². The summed E-state index contributed by atoms with van der Waals surface area (Å²) in [4.78, 5) is 42.9. The van der Waals surface area contributed by atoms with E-state index >= 15 is 0 Å². The predicted octanol–water partition coefficient (Wildman–Crippen LogP) is 7.15. The van der Waals surface area contributed by atoms with Crippen molar-refractivity contribution >= 4 is 69.0 Å². The molecule has 0 saturated carbocycles. The van der Waals surface area contributed by atoms with Crippen molar-refractivity contribution < 1.29 is 14.4 Å². The summed E-state index contributed by atoms with van der Waals surface area (Å²) in [5.41, 5.74) is 3.66. The van der Waals surface area contributed by atoms with Crippen LogP contribution in [0.2, 0.25) is 10.0 Å². The van der Waals surface area contributed by atoms with Gasteiger partial charge in [-0.05, 0) is 73.7 Å². The Bertz CT molecular complexity index is 1460. The molecule has 1 atom stereocenters. The largest absolute Gasteiger partial charge is 0.338 e. The van der Waals surface area contributed by atoms with Crippen LogP contribution in [0.5, 0.6) is 0 Å². The van der Waals surface area contributed by atoms with Crippen LogP contribution < -0.4 is 0 Å². The molecule has 2 saturated heterocycles. The maximum Gasteiger partial charge on any atom is 0.293 e. The van der Waals surface area contributed by atoms with Gasteiger partial charge in [-0.1, -0.05) is 54.4 Å². The molecule has 2 aliphatic heterocycles. The number of piperidine rings is 1. The minimum atomic E-state index is -0.350. The molecule has 198 valence electrons. The Morgan fingerprint density at radius 1 is 1.13 bits per heavy atom. The molecule has 3 amide bonds. The molecule has 1 aromatic heterocycles.